The molecule has 1 saturated heterocycles. The number of hydrogen-bond donors (Lipinski definition) is 0. The second-order valence-corrected chi connectivity index (χ2v) is 6.27. The van der Waals surface area contributed by atoms with Crippen LogP contribution in [0.1, 0.15) is 12.5 Å². The lowest BCUT2D eigenvalue weighted by atomic mass is 10.1. The number of rotatable bonds is 4. The van der Waals surface area contributed by atoms with Crippen molar-refractivity contribution in [3.05, 3.63) is 32.7 Å². The quantitative estimate of drug-likeness (QED) is 0.333. The Labute approximate surface area is 150 Å². The van der Waals surface area contributed by atoms with Gasteiger partial charge in [-0.25, -0.2) is 4.79 Å². The van der Waals surface area contributed by atoms with E-state index in [1.54, 1.807) is 0 Å². The molecule has 1 atom stereocenters. The van der Waals surface area contributed by atoms with E-state index in [1.807, 2.05) is 0 Å². The lowest BCUT2D eigenvalue weighted by Crippen LogP contribution is -2.42. The molecule has 0 aromatic heterocycles. The highest BCUT2D eigenvalue weighted by molar-refractivity contribution is 8.18. The number of amides is 2. The number of esters is 1. The third kappa shape index (κ3) is 2.96. The highest BCUT2D eigenvalue weighted by Crippen LogP contribution is 2.41. The Morgan fingerprint density at radius 3 is 2.65 bits per heavy atom. The summed E-state index contributed by atoms with van der Waals surface area (Å²) in [6, 6.07) is 1.44. The van der Waals surface area contributed by atoms with Crippen LogP contribution in [-0.4, -0.2) is 46.9 Å². The molecule has 0 bridgehead atoms. The van der Waals surface area contributed by atoms with Crippen molar-refractivity contribution in [2.75, 3.05) is 13.9 Å². The van der Waals surface area contributed by atoms with E-state index in [-0.39, 0.29) is 28.7 Å². The van der Waals surface area contributed by atoms with Gasteiger partial charge >= 0.3 is 5.97 Å². The average molecular weight is 380 g/mol. The number of carbonyl (C=O) groups excluding carboxylic acids is 3. The lowest BCUT2D eigenvalue weighted by Gasteiger charge is -2.18. The minimum Gasteiger partial charge on any atom is -0.467 e. The molecule has 2 aliphatic heterocycles. The Morgan fingerprint density at radius 2 is 2.04 bits per heavy atom. The van der Waals surface area contributed by atoms with Crippen LogP contribution in [0, 0.1) is 10.1 Å². The molecule has 1 fully saturated rings. The molecular formula is C15H12N2O8S. The van der Waals surface area contributed by atoms with Crippen LogP contribution in [-0.2, 0) is 14.3 Å². The third-order valence-electron chi connectivity index (χ3n) is 3.76. The van der Waals surface area contributed by atoms with Gasteiger partial charge in [-0.2, -0.15) is 0 Å². The number of thioether (sulfide) groups is 1. The van der Waals surface area contributed by atoms with E-state index in [2.05, 4.69) is 4.74 Å². The number of carbonyl (C=O) groups is 3. The van der Waals surface area contributed by atoms with E-state index < -0.39 is 28.1 Å². The van der Waals surface area contributed by atoms with Gasteiger partial charge < -0.3 is 14.2 Å². The maximum atomic E-state index is 12.5. The van der Waals surface area contributed by atoms with Crippen LogP contribution in [0.15, 0.2) is 17.0 Å². The van der Waals surface area contributed by atoms with Gasteiger partial charge in [-0.05, 0) is 30.8 Å². The Hall–Kier alpha value is -3.08. The van der Waals surface area contributed by atoms with E-state index in [9.17, 15) is 24.5 Å². The number of nitro benzene ring substituents is 1. The van der Waals surface area contributed by atoms with E-state index in [0.717, 1.165) is 12.0 Å². The van der Waals surface area contributed by atoms with Gasteiger partial charge in [0.2, 0.25) is 6.79 Å². The van der Waals surface area contributed by atoms with Crippen LogP contribution < -0.4 is 9.47 Å². The Morgan fingerprint density at radius 1 is 1.38 bits per heavy atom. The highest BCUT2D eigenvalue weighted by atomic mass is 32.2. The fourth-order valence-corrected chi connectivity index (χ4v) is 3.35. The maximum Gasteiger partial charge on any atom is 0.328 e. The second kappa shape index (κ2) is 6.67. The summed E-state index contributed by atoms with van der Waals surface area (Å²) >= 11 is 0.583. The average Bonchev–Trinajstić information content (AvgIpc) is 3.16. The Balaban J connectivity index is 1.98. The summed E-state index contributed by atoms with van der Waals surface area (Å²) in [4.78, 5) is 47.5. The molecule has 26 heavy (non-hydrogen) atoms. The highest BCUT2D eigenvalue weighted by Gasteiger charge is 2.41. The number of fused-ring (bicyclic) bond motifs is 1. The zero-order valence-electron chi connectivity index (χ0n) is 13.6. The molecule has 0 unspecified atom stereocenters. The van der Waals surface area contributed by atoms with Crippen LogP contribution in [0.25, 0.3) is 6.08 Å². The molecule has 3 rings (SSSR count). The van der Waals surface area contributed by atoms with E-state index in [4.69, 9.17) is 9.47 Å². The zero-order valence-corrected chi connectivity index (χ0v) is 14.4. The molecule has 0 aliphatic carbocycles. The SMILES string of the molecule is COC(=O)[C@H](C)N1C(=O)S/C(=C\c2cc3c(cc2[N+](=O)[O-])OCO3)C1=O. The first-order chi connectivity index (χ1) is 12.3. The molecule has 10 nitrogen and oxygen atoms in total. The molecule has 2 heterocycles. The first-order valence-electron chi connectivity index (χ1n) is 7.26. The van der Waals surface area contributed by atoms with Gasteiger partial charge in [0.1, 0.15) is 6.04 Å². The van der Waals surface area contributed by atoms with Gasteiger partial charge in [0, 0.05) is 0 Å². The van der Waals surface area contributed by atoms with Crippen molar-refractivity contribution < 1.29 is 33.5 Å². The summed E-state index contributed by atoms with van der Waals surface area (Å²) in [6.07, 6.45) is 1.22. The molecule has 0 saturated carbocycles. The topological polar surface area (TPSA) is 125 Å². The van der Waals surface area contributed by atoms with Gasteiger partial charge in [-0.1, -0.05) is 0 Å². The second-order valence-electron chi connectivity index (χ2n) is 5.27. The monoisotopic (exact) mass is 380 g/mol. The van der Waals surface area contributed by atoms with Gasteiger partial charge in [-0.3, -0.25) is 24.6 Å². The third-order valence-corrected chi connectivity index (χ3v) is 4.64. The minimum atomic E-state index is -1.11. The standard InChI is InChI=1S/C15H12N2O8S/c1-7(14(19)23-2)16-13(18)12(26-15(16)20)4-8-3-10-11(25-6-24-10)5-9(8)17(21)22/h3-5,7H,6H2,1-2H3/b12-4-/t7-/m0/s1. The summed E-state index contributed by atoms with van der Waals surface area (Å²) in [5, 5.41) is 10.6. The molecule has 136 valence electrons. The lowest BCUT2D eigenvalue weighted by molar-refractivity contribution is -0.385. The van der Waals surface area contributed by atoms with Gasteiger partial charge in [0.15, 0.2) is 11.5 Å². The molecule has 2 amide bonds. The summed E-state index contributed by atoms with van der Waals surface area (Å²) < 4.78 is 14.8. The van der Waals surface area contributed by atoms with Crippen molar-refractivity contribution in [2.45, 2.75) is 13.0 Å². The predicted octanol–water partition coefficient (Wildman–Crippen LogP) is 1.92. The van der Waals surface area contributed by atoms with Gasteiger partial charge in [0.25, 0.3) is 16.8 Å². The molecule has 1 aromatic rings. The van der Waals surface area contributed by atoms with Crippen LogP contribution in [0.2, 0.25) is 0 Å². The number of methoxy groups -OCH3 is 1. The Bertz CT molecular complexity index is 865. The molecule has 0 spiro atoms. The van der Waals surface area contributed by atoms with Crippen molar-refractivity contribution in [1.29, 1.82) is 0 Å². The molecule has 0 N–H and O–H groups in total. The van der Waals surface area contributed by atoms with Crippen molar-refractivity contribution in [2.24, 2.45) is 0 Å². The van der Waals surface area contributed by atoms with Crippen molar-refractivity contribution in [1.82, 2.24) is 4.90 Å². The molecule has 0 radical (unpaired) electrons. The first kappa shape index (κ1) is 17.7. The smallest absolute Gasteiger partial charge is 0.328 e. The maximum absolute atomic E-state index is 12.5. The molecule has 2 aliphatic rings. The normalized spacial score (nSPS) is 18.4. The van der Waals surface area contributed by atoms with Crippen LogP contribution in [0.4, 0.5) is 10.5 Å². The predicted molar refractivity (Wildman–Crippen MR) is 88.5 cm³/mol. The fraction of sp³-hybridized carbons (Fsp3) is 0.267. The van der Waals surface area contributed by atoms with Crippen molar-refractivity contribution >= 4 is 40.6 Å². The van der Waals surface area contributed by atoms with Crippen molar-refractivity contribution in [3.8, 4) is 11.5 Å². The fourth-order valence-electron chi connectivity index (χ4n) is 2.45. The zero-order chi connectivity index (χ0) is 19.0. The number of imide groups is 1. The number of nitrogens with zero attached hydrogens (tertiary/aromatic N) is 2. The summed E-state index contributed by atoms with van der Waals surface area (Å²) in [6.45, 7) is 1.29. The Kier molecular flexibility index (Phi) is 4.55. The van der Waals surface area contributed by atoms with Crippen LogP contribution >= 0.6 is 11.8 Å². The minimum absolute atomic E-state index is 0.0484. The number of nitro groups is 1. The molecule has 11 heteroatoms. The largest absolute Gasteiger partial charge is 0.467 e. The number of hydrogen-bond acceptors (Lipinski definition) is 9. The van der Waals surface area contributed by atoms with E-state index in [0.29, 0.717) is 17.5 Å². The van der Waals surface area contributed by atoms with Crippen LogP contribution in [0.5, 0.6) is 11.5 Å². The molecule has 1 aromatic carbocycles. The molecular weight excluding hydrogens is 368 g/mol. The number of ether oxygens (including phenoxy) is 3. The van der Waals surface area contributed by atoms with Gasteiger partial charge in [-0.15, -0.1) is 0 Å². The number of benzene rings is 1. The first-order valence-corrected chi connectivity index (χ1v) is 8.08. The van der Waals surface area contributed by atoms with Crippen molar-refractivity contribution in [3.63, 3.8) is 0 Å². The summed E-state index contributed by atoms with van der Waals surface area (Å²) in [5.41, 5.74) is -0.225. The van der Waals surface area contributed by atoms with E-state index >= 15 is 0 Å². The van der Waals surface area contributed by atoms with Gasteiger partial charge in [0.05, 0.1) is 28.6 Å². The van der Waals surface area contributed by atoms with Crippen LogP contribution in [0.3, 0.4) is 0 Å². The summed E-state index contributed by atoms with van der Waals surface area (Å²) in [5.74, 6) is -0.960. The van der Waals surface area contributed by atoms with E-state index in [1.165, 1.54) is 25.1 Å². The summed E-state index contributed by atoms with van der Waals surface area (Å²) in [7, 11) is 1.14.